The molecule has 1 aliphatic carbocycles. The minimum atomic E-state index is -3.99. The molecule has 0 saturated heterocycles. The molecule has 2 atom stereocenters. The first-order valence-corrected chi connectivity index (χ1v) is 12.5. The van der Waals surface area contributed by atoms with E-state index in [0.717, 1.165) is 4.31 Å². The molecule has 1 aromatic rings. The Balaban J connectivity index is 1.85. The number of furan rings is 1. The van der Waals surface area contributed by atoms with E-state index in [0.29, 0.717) is 23.5 Å². The fraction of sp³-hybridized carbons (Fsp3) is 0.421. The van der Waals surface area contributed by atoms with Crippen LogP contribution in [0, 0.1) is 6.92 Å². The number of carbonyl (C=O) groups is 2. The Kier molecular flexibility index (Phi) is 7.21. The lowest BCUT2D eigenvalue weighted by Crippen LogP contribution is -2.50. The molecule has 1 aromatic heterocycles. The number of amidine groups is 1. The Hall–Kier alpha value is -2.43. The molecule has 0 fully saturated rings. The van der Waals surface area contributed by atoms with Crippen molar-refractivity contribution in [2.75, 3.05) is 21.1 Å². The van der Waals surface area contributed by atoms with E-state index < -0.39 is 26.3 Å². The van der Waals surface area contributed by atoms with Gasteiger partial charge >= 0.3 is 10.2 Å². The summed E-state index contributed by atoms with van der Waals surface area (Å²) in [6, 6.07) is 1.60. The van der Waals surface area contributed by atoms with Gasteiger partial charge in [0.25, 0.3) is 5.91 Å². The van der Waals surface area contributed by atoms with Crippen LogP contribution in [0.25, 0.3) is 0 Å². The van der Waals surface area contributed by atoms with Gasteiger partial charge in [-0.3, -0.25) is 14.9 Å². The van der Waals surface area contributed by atoms with Crippen LogP contribution >= 0.6 is 22.6 Å². The van der Waals surface area contributed by atoms with Crippen LogP contribution in [-0.2, 0) is 15.0 Å². The zero-order chi connectivity index (χ0) is 24.7. The number of primary amides is 1. The average Bonchev–Trinajstić information content (AvgIpc) is 3.21. The van der Waals surface area contributed by atoms with Gasteiger partial charge in [-0.2, -0.15) is 12.7 Å². The predicted molar refractivity (Wildman–Crippen MR) is 129 cm³/mol. The second-order valence-electron chi connectivity index (χ2n) is 7.69. The van der Waals surface area contributed by atoms with Gasteiger partial charge < -0.3 is 25.5 Å². The van der Waals surface area contributed by atoms with Crippen LogP contribution in [0.15, 0.2) is 38.0 Å². The molecule has 180 valence electrons. The number of likely N-dealkylation sites (N-methyl/N-ethyl adjacent to an activating group) is 1. The number of carbonyl (C=O) groups excluding carboxylic acids is 2. The molecular weight excluding hydrogens is 567 g/mol. The molecule has 14 heteroatoms. The highest BCUT2D eigenvalue weighted by atomic mass is 127. The number of alkyl halides is 1. The third-order valence-electron chi connectivity index (χ3n) is 5.17. The molecule has 0 saturated carbocycles. The summed E-state index contributed by atoms with van der Waals surface area (Å²) in [5, 5.41) is 16.3. The molecule has 2 heterocycles. The minimum Gasteiger partial charge on any atom is -0.505 e. The van der Waals surface area contributed by atoms with Crippen molar-refractivity contribution < 1.29 is 27.5 Å². The minimum absolute atomic E-state index is 0.00411. The summed E-state index contributed by atoms with van der Waals surface area (Å²) >= 11 is 2.02. The van der Waals surface area contributed by atoms with Gasteiger partial charge in [-0.05, 0) is 25.8 Å². The number of aliphatic hydroxyl groups is 1. The fourth-order valence-corrected chi connectivity index (χ4v) is 4.95. The summed E-state index contributed by atoms with van der Waals surface area (Å²) in [7, 11) is 0.625. The smallest absolute Gasteiger partial charge is 0.325 e. The van der Waals surface area contributed by atoms with E-state index in [9.17, 15) is 23.1 Å². The Morgan fingerprint density at radius 2 is 2.09 bits per heavy atom. The van der Waals surface area contributed by atoms with E-state index in [1.807, 2.05) is 22.6 Å². The highest BCUT2D eigenvalue weighted by Crippen LogP contribution is 2.29. The third-order valence-corrected chi connectivity index (χ3v) is 7.51. The van der Waals surface area contributed by atoms with Gasteiger partial charge in [0, 0.05) is 21.1 Å². The maximum atomic E-state index is 12.4. The summed E-state index contributed by atoms with van der Waals surface area (Å²) < 4.78 is 34.8. The Labute approximate surface area is 204 Å². The van der Waals surface area contributed by atoms with Gasteiger partial charge in [0.1, 0.15) is 27.5 Å². The summed E-state index contributed by atoms with van der Waals surface area (Å²) in [6.45, 7) is 1.67. The molecular formula is C19H25IN6O6S. The predicted octanol–water partition coefficient (Wildman–Crippen LogP) is 0.793. The highest BCUT2D eigenvalue weighted by molar-refractivity contribution is 14.1. The largest absolute Gasteiger partial charge is 0.505 e. The zero-order valence-corrected chi connectivity index (χ0v) is 21.4. The van der Waals surface area contributed by atoms with Crippen molar-refractivity contribution in [3.8, 4) is 0 Å². The van der Waals surface area contributed by atoms with Gasteiger partial charge in [0.05, 0.1) is 16.8 Å². The Morgan fingerprint density at radius 3 is 2.70 bits per heavy atom. The molecule has 12 nitrogen and oxygen atoms in total. The molecule has 2 aliphatic rings. The van der Waals surface area contributed by atoms with Gasteiger partial charge in [-0.1, -0.05) is 28.7 Å². The standard InChI is InChI=1S/C19H25IN6O6S/c1-9-11(19(29)25(2)3)8-13(32-9)15(20)23-18-17(24-33(30,31)26(18)4)22-12-7-5-6-10(14(12)27)16(21)28/h7-8,15,18,23,27H,5-6H2,1-4H3,(H2,21,28)(H,22,24). The van der Waals surface area contributed by atoms with Crippen molar-refractivity contribution in [2.45, 2.75) is 30.0 Å². The number of allylic oxidation sites excluding steroid dienone is 1. The lowest BCUT2D eigenvalue weighted by Gasteiger charge is -2.25. The van der Waals surface area contributed by atoms with Crippen molar-refractivity contribution in [3.05, 3.63) is 46.3 Å². The molecule has 0 radical (unpaired) electrons. The number of aliphatic hydroxyl groups excluding tert-OH is 1. The molecule has 5 N–H and O–H groups in total. The van der Waals surface area contributed by atoms with Crippen LogP contribution in [0.4, 0.5) is 0 Å². The number of halogens is 1. The molecule has 2 unspecified atom stereocenters. The number of nitrogens with two attached hydrogens (primary N) is 1. The van der Waals surface area contributed by atoms with Crippen LogP contribution < -0.4 is 16.4 Å². The van der Waals surface area contributed by atoms with Crippen molar-refractivity contribution >= 4 is 50.5 Å². The first kappa shape index (κ1) is 25.2. The molecule has 2 amide bonds. The normalized spacial score (nSPS) is 21.4. The Bertz CT molecular complexity index is 1190. The highest BCUT2D eigenvalue weighted by Gasteiger charge is 2.40. The topological polar surface area (TPSA) is 171 Å². The summed E-state index contributed by atoms with van der Waals surface area (Å²) in [5.41, 5.74) is 5.90. The number of nitrogens with zero attached hydrogens (tertiary/aromatic N) is 3. The van der Waals surface area contributed by atoms with E-state index in [2.05, 4.69) is 15.0 Å². The number of aryl methyl sites for hydroxylation is 1. The summed E-state index contributed by atoms with van der Waals surface area (Å²) in [4.78, 5) is 25.3. The number of hydrogen-bond acceptors (Lipinski definition) is 8. The van der Waals surface area contributed by atoms with Crippen molar-refractivity contribution in [2.24, 2.45) is 10.1 Å². The van der Waals surface area contributed by atoms with E-state index in [1.54, 1.807) is 33.2 Å². The molecule has 0 spiro atoms. The van der Waals surface area contributed by atoms with E-state index in [4.69, 9.17) is 10.2 Å². The van der Waals surface area contributed by atoms with Crippen LogP contribution in [-0.4, -0.2) is 67.7 Å². The molecule has 0 bridgehead atoms. The second kappa shape index (κ2) is 9.44. The van der Waals surface area contributed by atoms with Crippen LogP contribution in [0.5, 0.6) is 0 Å². The average molecular weight is 592 g/mol. The van der Waals surface area contributed by atoms with Crippen molar-refractivity contribution in [3.63, 3.8) is 0 Å². The number of hydrogen-bond donors (Lipinski definition) is 4. The monoisotopic (exact) mass is 592 g/mol. The lowest BCUT2D eigenvalue weighted by molar-refractivity contribution is -0.114. The first-order chi connectivity index (χ1) is 15.3. The quantitative estimate of drug-likeness (QED) is 0.214. The summed E-state index contributed by atoms with van der Waals surface area (Å²) in [6.07, 6.45) is 1.40. The van der Waals surface area contributed by atoms with Gasteiger partial charge in [0.15, 0.2) is 5.84 Å². The molecule has 33 heavy (non-hydrogen) atoms. The van der Waals surface area contributed by atoms with Gasteiger partial charge in [-0.15, -0.1) is 4.40 Å². The third kappa shape index (κ3) is 5.07. The van der Waals surface area contributed by atoms with Crippen LogP contribution in [0.1, 0.15) is 38.8 Å². The van der Waals surface area contributed by atoms with Crippen molar-refractivity contribution in [1.82, 2.24) is 19.8 Å². The summed E-state index contributed by atoms with van der Waals surface area (Å²) in [5.74, 6) is -0.459. The van der Waals surface area contributed by atoms with Crippen molar-refractivity contribution in [1.29, 1.82) is 0 Å². The Morgan fingerprint density at radius 1 is 1.42 bits per heavy atom. The van der Waals surface area contributed by atoms with E-state index >= 15 is 0 Å². The maximum Gasteiger partial charge on any atom is 0.325 e. The second-order valence-corrected chi connectivity index (χ2v) is 10.6. The van der Waals surface area contributed by atoms with Crippen LogP contribution in [0.2, 0.25) is 0 Å². The lowest BCUT2D eigenvalue weighted by atomic mass is 10.0. The van der Waals surface area contributed by atoms with Gasteiger partial charge in [-0.25, -0.2) is 0 Å². The zero-order valence-electron chi connectivity index (χ0n) is 18.4. The van der Waals surface area contributed by atoms with Crippen LogP contribution in [0.3, 0.4) is 0 Å². The number of nitrogens with one attached hydrogen (secondary N) is 2. The maximum absolute atomic E-state index is 12.4. The van der Waals surface area contributed by atoms with Gasteiger partial charge in [0.2, 0.25) is 5.91 Å². The first-order valence-electron chi connectivity index (χ1n) is 9.83. The molecule has 3 rings (SSSR count). The van der Waals surface area contributed by atoms with E-state index in [1.165, 1.54) is 11.9 Å². The van der Waals surface area contributed by atoms with E-state index in [-0.39, 0.29) is 35.2 Å². The fourth-order valence-electron chi connectivity index (χ4n) is 3.35. The SMILES string of the molecule is Cc1oc(C(I)NC2C(NC3=CCCC(C(N)=O)=C3O)=NS(=O)(=O)N2C)cc1C(=O)N(C)C. The molecule has 0 aromatic carbocycles. The number of rotatable bonds is 6. The number of amides is 2. The molecule has 1 aliphatic heterocycles.